The summed E-state index contributed by atoms with van der Waals surface area (Å²) in [5.41, 5.74) is 7.83. The molecule has 2 heterocycles. The highest BCUT2D eigenvalue weighted by atomic mass is 16.4. The maximum Gasteiger partial charge on any atom is 0.358 e. The summed E-state index contributed by atoms with van der Waals surface area (Å²) in [6.07, 6.45) is 0.422. The molecule has 0 aliphatic carbocycles. The lowest BCUT2D eigenvalue weighted by atomic mass is 10.2. The van der Waals surface area contributed by atoms with Crippen LogP contribution in [0, 0.1) is 6.92 Å². The Labute approximate surface area is 109 Å². The van der Waals surface area contributed by atoms with Crippen LogP contribution in [0.15, 0.2) is 6.07 Å². The Kier molecular flexibility index (Phi) is 3.61. The minimum absolute atomic E-state index is 0.0376. The van der Waals surface area contributed by atoms with Crippen LogP contribution in [-0.2, 0) is 20.0 Å². The van der Waals surface area contributed by atoms with Crippen LogP contribution in [0.5, 0.6) is 0 Å². The van der Waals surface area contributed by atoms with E-state index in [0.29, 0.717) is 25.2 Å². The summed E-state index contributed by atoms with van der Waals surface area (Å²) in [7, 11) is 1.83. The van der Waals surface area contributed by atoms with Gasteiger partial charge in [-0.05, 0) is 19.5 Å². The Morgan fingerprint density at radius 1 is 1.53 bits per heavy atom. The average molecular weight is 264 g/mol. The fourth-order valence-electron chi connectivity index (χ4n) is 1.98. The molecule has 0 bridgehead atoms. The maximum absolute atomic E-state index is 11.1. The van der Waals surface area contributed by atoms with Gasteiger partial charge in [0, 0.05) is 13.5 Å². The second-order valence-corrected chi connectivity index (χ2v) is 4.29. The molecule has 2 aromatic heterocycles. The smallest absolute Gasteiger partial charge is 0.358 e. The Morgan fingerprint density at radius 2 is 2.26 bits per heavy atom. The van der Waals surface area contributed by atoms with Gasteiger partial charge in [0.15, 0.2) is 5.69 Å². The van der Waals surface area contributed by atoms with Gasteiger partial charge in [0.25, 0.3) is 0 Å². The molecular weight excluding hydrogens is 248 g/mol. The zero-order valence-electron chi connectivity index (χ0n) is 10.9. The highest BCUT2D eigenvalue weighted by Gasteiger charge is 2.19. The standard InChI is InChI=1S/C11H16N6O2/c1-7-5-8(16(2)14-7)6-17-9(3-4-12)10(11(18)19)13-15-17/h5H,3-4,6,12H2,1-2H3,(H,18,19). The molecule has 0 spiro atoms. The minimum Gasteiger partial charge on any atom is -0.476 e. The van der Waals surface area contributed by atoms with Crippen LogP contribution in [0.25, 0.3) is 0 Å². The van der Waals surface area contributed by atoms with E-state index < -0.39 is 5.97 Å². The number of hydrogen-bond acceptors (Lipinski definition) is 5. The number of nitrogens with two attached hydrogens (primary N) is 1. The molecule has 0 saturated carbocycles. The Morgan fingerprint density at radius 3 is 2.79 bits per heavy atom. The van der Waals surface area contributed by atoms with E-state index in [-0.39, 0.29) is 5.69 Å². The molecule has 2 rings (SSSR count). The number of aryl methyl sites for hydroxylation is 2. The fourth-order valence-corrected chi connectivity index (χ4v) is 1.98. The summed E-state index contributed by atoms with van der Waals surface area (Å²) in [6, 6.07) is 1.92. The van der Waals surface area contributed by atoms with Gasteiger partial charge in [0.2, 0.25) is 0 Å². The molecule has 0 atom stereocenters. The molecule has 102 valence electrons. The van der Waals surface area contributed by atoms with Crippen molar-refractivity contribution >= 4 is 5.97 Å². The topological polar surface area (TPSA) is 112 Å². The molecule has 0 radical (unpaired) electrons. The summed E-state index contributed by atoms with van der Waals surface area (Å²) in [5.74, 6) is -1.09. The van der Waals surface area contributed by atoms with Gasteiger partial charge in [0.1, 0.15) is 0 Å². The first-order valence-electron chi connectivity index (χ1n) is 5.88. The van der Waals surface area contributed by atoms with E-state index in [1.165, 1.54) is 0 Å². The summed E-state index contributed by atoms with van der Waals surface area (Å²) in [5, 5.41) is 20.9. The lowest BCUT2D eigenvalue weighted by Gasteiger charge is -2.06. The van der Waals surface area contributed by atoms with Crippen molar-refractivity contribution in [3.8, 4) is 0 Å². The molecule has 0 saturated heterocycles. The SMILES string of the molecule is Cc1cc(Cn2nnc(C(=O)O)c2CCN)n(C)n1. The van der Waals surface area contributed by atoms with Crippen LogP contribution in [0.3, 0.4) is 0 Å². The summed E-state index contributed by atoms with van der Waals surface area (Å²) in [4.78, 5) is 11.1. The van der Waals surface area contributed by atoms with Crippen LogP contribution < -0.4 is 5.73 Å². The Hall–Kier alpha value is -2.22. The third-order valence-electron chi connectivity index (χ3n) is 2.83. The normalized spacial score (nSPS) is 10.9. The molecular formula is C11H16N6O2. The van der Waals surface area contributed by atoms with Crippen molar-refractivity contribution in [2.24, 2.45) is 12.8 Å². The van der Waals surface area contributed by atoms with Gasteiger partial charge in [-0.25, -0.2) is 9.48 Å². The average Bonchev–Trinajstić information content (AvgIpc) is 2.85. The van der Waals surface area contributed by atoms with E-state index in [1.54, 1.807) is 9.36 Å². The molecule has 0 aliphatic rings. The zero-order chi connectivity index (χ0) is 14.0. The molecule has 0 fully saturated rings. The number of carbonyl (C=O) groups is 1. The summed E-state index contributed by atoms with van der Waals surface area (Å²) < 4.78 is 3.30. The van der Waals surface area contributed by atoms with Crippen LogP contribution in [0.2, 0.25) is 0 Å². The van der Waals surface area contributed by atoms with E-state index >= 15 is 0 Å². The van der Waals surface area contributed by atoms with Crippen molar-refractivity contribution in [2.75, 3.05) is 6.54 Å². The third-order valence-corrected chi connectivity index (χ3v) is 2.83. The number of carboxylic acids is 1. The predicted octanol–water partition coefficient (Wildman–Crippen LogP) is -0.432. The fraction of sp³-hybridized carbons (Fsp3) is 0.455. The van der Waals surface area contributed by atoms with Gasteiger partial charge in [-0.15, -0.1) is 5.10 Å². The van der Waals surface area contributed by atoms with Crippen molar-refractivity contribution < 1.29 is 9.90 Å². The summed E-state index contributed by atoms with van der Waals surface area (Å²) >= 11 is 0. The number of aromatic nitrogens is 5. The van der Waals surface area contributed by atoms with Gasteiger partial charge in [-0.1, -0.05) is 5.21 Å². The third kappa shape index (κ3) is 2.63. The van der Waals surface area contributed by atoms with Gasteiger partial charge >= 0.3 is 5.97 Å². The van der Waals surface area contributed by atoms with Crippen molar-refractivity contribution in [2.45, 2.75) is 19.9 Å². The number of hydrogen-bond donors (Lipinski definition) is 2. The maximum atomic E-state index is 11.1. The number of rotatable bonds is 5. The minimum atomic E-state index is -1.09. The molecule has 0 amide bonds. The van der Waals surface area contributed by atoms with E-state index in [4.69, 9.17) is 10.8 Å². The first-order chi connectivity index (χ1) is 9.02. The first kappa shape index (κ1) is 13.2. The number of carboxylic acid groups (broad SMARTS) is 1. The highest BCUT2D eigenvalue weighted by molar-refractivity contribution is 5.86. The largest absolute Gasteiger partial charge is 0.476 e. The second-order valence-electron chi connectivity index (χ2n) is 4.29. The molecule has 0 unspecified atom stereocenters. The molecule has 19 heavy (non-hydrogen) atoms. The second kappa shape index (κ2) is 5.19. The molecule has 3 N–H and O–H groups in total. The summed E-state index contributed by atoms with van der Waals surface area (Å²) in [6.45, 7) is 2.67. The van der Waals surface area contributed by atoms with E-state index in [0.717, 1.165) is 11.4 Å². The van der Waals surface area contributed by atoms with E-state index in [2.05, 4.69) is 15.4 Å². The molecule has 8 heteroatoms. The van der Waals surface area contributed by atoms with E-state index in [1.807, 2.05) is 20.0 Å². The van der Waals surface area contributed by atoms with E-state index in [9.17, 15) is 4.79 Å². The first-order valence-corrected chi connectivity index (χ1v) is 5.88. The Bertz CT molecular complexity index is 600. The van der Waals surface area contributed by atoms with Crippen LogP contribution in [-0.4, -0.2) is 42.4 Å². The van der Waals surface area contributed by atoms with Gasteiger partial charge < -0.3 is 10.8 Å². The lowest BCUT2D eigenvalue weighted by molar-refractivity contribution is 0.0689. The molecule has 8 nitrogen and oxygen atoms in total. The number of nitrogens with zero attached hydrogens (tertiary/aromatic N) is 5. The quantitative estimate of drug-likeness (QED) is 0.757. The Balaban J connectivity index is 2.34. The molecule has 0 aliphatic heterocycles. The van der Waals surface area contributed by atoms with Crippen LogP contribution in [0.1, 0.15) is 27.6 Å². The van der Waals surface area contributed by atoms with Crippen molar-refractivity contribution in [3.63, 3.8) is 0 Å². The van der Waals surface area contributed by atoms with Gasteiger partial charge in [-0.3, -0.25) is 4.68 Å². The predicted molar refractivity (Wildman–Crippen MR) is 66.8 cm³/mol. The molecule has 2 aromatic rings. The monoisotopic (exact) mass is 264 g/mol. The lowest BCUT2D eigenvalue weighted by Crippen LogP contribution is -2.15. The number of aromatic carboxylic acids is 1. The van der Waals surface area contributed by atoms with Gasteiger partial charge in [-0.2, -0.15) is 5.10 Å². The zero-order valence-corrected chi connectivity index (χ0v) is 10.9. The van der Waals surface area contributed by atoms with Crippen LogP contribution in [0.4, 0.5) is 0 Å². The van der Waals surface area contributed by atoms with Crippen molar-refractivity contribution in [1.82, 2.24) is 24.8 Å². The molecule has 0 aromatic carbocycles. The van der Waals surface area contributed by atoms with Crippen molar-refractivity contribution in [3.05, 3.63) is 28.8 Å². The van der Waals surface area contributed by atoms with Gasteiger partial charge in [0.05, 0.1) is 23.6 Å². The highest BCUT2D eigenvalue weighted by Crippen LogP contribution is 2.10. The van der Waals surface area contributed by atoms with Crippen molar-refractivity contribution in [1.29, 1.82) is 0 Å². The van der Waals surface area contributed by atoms with Crippen LogP contribution >= 0.6 is 0 Å².